The van der Waals surface area contributed by atoms with Gasteiger partial charge in [0.05, 0.1) is 20.1 Å². The van der Waals surface area contributed by atoms with Gasteiger partial charge in [-0.2, -0.15) is 0 Å². The van der Waals surface area contributed by atoms with Crippen molar-refractivity contribution in [2.45, 2.75) is 18.9 Å². The van der Waals surface area contributed by atoms with Gasteiger partial charge in [-0.05, 0) is 22.3 Å². The maximum absolute atomic E-state index is 13.3. The van der Waals surface area contributed by atoms with E-state index in [2.05, 4.69) is 14.8 Å². The van der Waals surface area contributed by atoms with Crippen LogP contribution in [0, 0.1) is 11.8 Å². The third-order valence-electron chi connectivity index (χ3n) is 5.62. The zero-order chi connectivity index (χ0) is 22.7. The topological polar surface area (TPSA) is 119 Å². The van der Waals surface area contributed by atoms with Crippen molar-refractivity contribution in [1.29, 1.82) is 0 Å². The Hall–Kier alpha value is -3.68. The van der Waals surface area contributed by atoms with Crippen LogP contribution in [0.5, 0.6) is 0 Å². The monoisotopic (exact) mass is 425 g/mol. The van der Waals surface area contributed by atoms with Gasteiger partial charge in [-0.1, -0.05) is 55.5 Å². The summed E-state index contributed by atoms with van der Waals surface area (Å²) in [6, 6.07) is 13.3. The Morgan fingerprint density at radius 3 is 1.74 bits per heavy atom. The molecule has 1 amide bonds. The molecule has 2 aromatic carbocycles. The second kappa shape index (κ2) is 8.99. The minimum Gasteiger partial charge on any atom is -0.480 e. The Bertz CT molecular complexity index is 971. The van der Waals surface area contributed by atoms with Crippen LogP contribution in [0.2, 0.25) is 0 Å². The summed E-state index contributed by atoms with van der Waals surface area (Å²) >= 11 is 0. The lowest BCUT2D eigenvalue weighted by Crippen LogP contribution is -2.51. The highest BCUT2D eigenvalue weighted by atomic mass is 16.5. The highest BCUT2D eigenvalue weighted by Gasteiger charge is 2.43. The van der Waals surface area contributed by atoms with Crippen molar-refractivity contribution >= 4 is 23.8 Å². The van der Waals surface area contributed by atoms with Crippen molar-refractivity contribution < 1.29 is 33.8 Å². The molecule has 0 bridgehead atoms. The first-order valence-electron chi connectivity index (χ1n) is 9.68. The standard InChI is InChI=1S/C23H23NO7/c1-12(17(22(28)30-2)23(29)31-3)19(21(26)27)24-20(25)18-15-10-6-4-8-13(15)14-9-5-7-11-16(14)18/h4-12,17-19H,1-3H3,(H,24,25)(H,26,27)/t12-,19+/m0/s1. The molecule has 0 fully saturated rings. The van der Waals surface area contributed by atoms with E-state index < -0.39 is 47.6 Å². The number of carboxylic acid groups (broad SMARTS) is 1. The zero-order valence-corrected chi connectivity index (χ0v) is 17.3. The number of fused-ring (bicyclic) bond motifs is 3. The lowest BCUT2D eigenvalue weighted by atomic mass is 9.86. The maximum Gasteiger partial charge on any atom is 0.326 e. The molecule has 0 unspecified atom stereocenters. The molecule has 1 aliphatic rings. The van der Waals surface area contributed by atoms with Crippen LogP contribution in [0.4, 0.5) is 0 Å². The normalized spacial score (nSPS) is 14.2. The highest BCUT2D eigenvalue weighted by molar-refractivity contribution is 5.99. The smallest absolute Gasteiger partial charge is 0.326 e. The minimum atomic E-state index is -1.52. The predicted molar refractivity (Wildman–Crippen MR) is 110 cm³/mol. The second-order valence-electron chi connectivity index (χ2n) is 7.32. The van der Waals surface area contributed by atoms with E-state index in [4.69, 9.17) is 0 Å². The molecule has 0 heterocycles. The van der Waals surface area contributed by atoms with Crippen LogP contribution in [-0.2, 0) is 28.7 Å². The molecule has 31 heavy (non-hydrogen) atoms. The summed E-state index contributed by atoms with van der Waals surface area (Å²) in [6.45, 7) is 1.38. The van der Waals surface area contributed by atoms with Gasteiger partial charge in [0.1, 0.15) is 6.04 Å². The Morgan fingerprint density at radius 2 is 1.32 bits per heavy atom. The number of rotatable bonds is 7. The number of carboxylic acids is 1. The third kappa shape index (κ3) is 4.01. The van der Waals surface area contributed by atoms with E-state index in [-0.39, 0.29) is 0 Å². The summed E-state index contributed by atoms with van der Waals surface area (Å²) in [5.41, 5.74) is 3.33. The fourth-order valence-electron chi connectivity index (χ4n) is 4.06. The SMILES string of the molecule is COC(=O)C(C(=O)OC)[C@H](C)[C@@H](NC(=O)C1c2ccccc2-c2ccccc21)C(=O)O. The Kier molecular flexibility index (Phi) is 6.39. The van der Waals surface area contributed by atoms with Gasteiger partial charge in [-0.25, -0.2) is 4.79 Å². The quantitative estimate of drug-likeness (QED) is 0.514. The van der Waals surface area contributed by atoms with E-state index in [0.717, 1.165) is 36.5 Å². The van der Waals surface area contributed by atoms with Crippen LogP contribution in [0.15, 0.2) is 48.5 Å². The minimum absolute atomic E-state index is 0.537. The fourth-order valence-corrected chi connectivity index (χ4v) is 4.06. The summed E-state index contributed by atoms with van der Waals surface area (Å²) in [6.07, 6.45) is 0. The largest absolute Gasteiger partial charge is 0.480 e. The van der Waals surface area contributed by atoms with Crippen LogP contribution in [0.25, 0.3) is 11.1 Å². The van der Waals surface area contributed by atoms with Gasteiger partial charge in [0, 0.05) is 5.92 Å². The van der Waals surface area contributed by atoms with E-state index in [1.165, 1.54) is 6.92 Å². The van der Waals surface area contributed by atoms with Crippen LogP contribution >= 0.6 is 0 Å². The average molecular weight is 425 g/mol. The summed E-state index contributed by atoms with van der Waals surface area (Å²) in [4.78, 5) is 49.5. The number of carbonyl (C=O) groups is 4. The number of hydrogen-bond acceptors (Lipinski definition) is 6. The molecule has 0 radical (unpaired) electrons. The van der Waals surface area contributed by atoms with Crippen molar-refractivity contribution in [3.63, 3.8) is 0 Å². The second-order valence-corrected chi connectivity index (χ2v) is 7.32. The van der Waals surface area contributed by atoms with Crippen molar-refractivity contribution in [1.82, 2.24) is 5.32 Å². The number of methoxy groups -OCH3 is 2. The molecule has 2 aromatic rings. The molecule has 0 saturated carbocycles. The maximum atomic E-state index is 13.3. The first-order chi connectivity index (χ1) is 14.8. The molecule has 0 aromatic heterocycles. The molecular formula is C23H23NO7. The number of esters is 2. The molecule has 2 N–H and O–H groups in total. The third-order valence-corrected chi connectivity index (χ3v) is 5.62. The zero-order valence-electron chi connectivity index (χ0n) is 17.3. The van der Waals surface area contributed by atoms with Crippen molar-refractivity contribution in [2.75, 3.05) is 14.2 Å². The van der Waals surface area contributed by atoms with Gasteiger partial charge in [-0.15, -0.1) is 0 Å². The summed E-state index contributed by atoms with van der Waals surface area (Å²) in [7, 11) is 2.18. The van der Waals surface area contributed by atoms with Crippen molar-refractivity contribution in [3.8, 4) is 11.1 Å². The Labute approximate surface area is 179 Å². The molecule has 1 aliphatic carbocycles. The first kappa shape index (κ1) is 22.0. The van der Waals surface area contributed by atoms with Crippen molar-refractivity contribution in [3.05, 3.63) is 59.7 Å². The van der Waals surface area contributed by atoms with Crippen molar-refractivity contribution in [2.24, 2.45) is 11.8 Å². The van der Waals surface area contributed by atoms with E-state index in [1.54, 1.807) is 0 Å². The number of aliphatic carboxylic acids is 1. The molecule has 0 saturated heterocycles. The number of amides is 1. The Balaban J connectivity index is 1.94. The molecule has 2 atom stereocenters. The van der Waals surface area contributed by atoms with Gasteiger partial charge in [0.2, 0.25) is 5.91 Å². The first-order valence-corrected chi connectivity index (χ1v) is 9.68. The predicted octanol–water partition coefficient (Wildman–Crippen LogP) is 1.97. The molecule has 0 aliphatic heterocycles. The fraction of sp³-hybridized carbons (Fsp3) is 0.304. The highest BCUT2D eigenvalue weighted by Crippen LogP contribution is 2.44. The molecule has 0 spiro atoms. The summed E-state index contributed by atoms with van der Waals surface area (Å²) in [5, 5.41) is 12.3. The lowest BCUT2D eigenvalue weighted by molar-refractivity contribution is -0.163. The Morgan fingerprint density at radius 1 is 0.871 bits per heavy atom. The lowest BCUT2D eigenvalue weighted by Gasteiger charge is -2.27. The van der Waals surface area contributed by atoms with E-state index >= 15 is 0 Å². The molecule has 8 nitrogen and oxygen atoms in total. The van der Waals surface area contributed by atoms with Crippen LogP contribution < -0.4 is 5.32 Å². The van der Waals surface area contributed by atoms with Crippen LogP contribution in [0.3, 0.4) is 0 Å². The number of benzene rings is 2. The van der Waals surface area contributed by atoms with Gasteiger partial charge < -0.3 is 19.9 Å². The number of ether oxygens (including phenoxy) is 2. The summed E-state index contributed by atoms with van der Waals surface area (Å²) < 4.78 is 9.28. The van der Waals surface area contributed by atoms with E-state index in [0.29, 0.717) is 0 Å². The number of carbonyl (C=O) groups excluding carboxylic acids is 3. The summed E-state index contributed by atoms with van der Waals surface area (Å²) in [5.74, 6) is -7.11. The average Bonchev–Trinajstić information content (AvgIpc) is 3.11. The van der Waals surface area contributed by atoms with Gasteiger partial charge in [0.25, 0.3) is 0 Å². The van der Waals surface area contributed by atoms with Crippen LogP contribution in [0.1, 0.15) is 24.0 Å². The van der Waals surface area contributed by atoms with Crippen LogP contribution in [-0.4, -0.2) is 49.2 Å². The number of hydrogen-bond donors (Lipinski definition) is 2. The van der Waals surface area contributed by atoms with E-state index in [1.807, 2.05) is 48.5 Å². The number of nitrogens with one attached hydrogen (secondary N) is 1. The molecular weight excluding hydrogens is 402 g/mol. The molecule has 162 valence electrons. The molecule has 3 rings (SSSR count). The van der Waals surface area contributed by atoms with Gasteiger partial charge in [-0.3, -0.25) is 14.4 Å². The molecule has 8 heteroatoms. The van der Waals surface area contributed by atoms with Gasteiger partial charge >= 0.3 is 17.9 Å². The van der Waals surface area contributed by atoms with Gasteiger partial charge in [0.15, 0.2) is 5.92 Å². The van der Waals surface area contributed by atoms with E-state index in [9.17, 15) is 24.3 Å².